The summed E-state index contributed by atoms with van der Waals surface area (Å²) >= 11 is 5.19. The van der Waals surface area contributed by atoms with Crippen molar-refractivity contribution >= 4 is 182 Å². The monoisotopic (exact) mass is 1750 g/mol. The fourth-order valence-corrected chi connectivity index (χ4v) is 23.0. The summed E-state index contributed by atoms with van der Waals surface area (Å²) in [6.07, 6.45) is 0. The Balaban J connectivity index is 0.000000104. The number of hydrogen-bond donors (Lipinski definition) is 0. The van der Waals surface area contributed by atoms with E-state index in [-0.39, 0.29) is 0 Å². The molecular formula is C120H74N10S3. The van der Waals surface area contributed by atoms with Crippen LogP contribution in [0.5, 0.6) is 0 Å². The van der Waals surface area contributed by atoms with Crippen LogP contribution in [0.2, 0.25) is 0 Å². The van der Waals surface area contributed by atoms with E-state index in [0.717, 1.165) is 138 Å². The van der Waals surface area contributed by atoms with E-state index >= 15 is 0 Å². The van der Waals surface area contributed by atoms with E-state index in [0.29, 0.717) is 0 Å². The Hall–Kier alpha value is -16.9. The van der Waals surface area contributed by atoms with Gasteiger partial charge in [-0.25, -0.2) is 29.9 Å². The molecule has 0 atom stereocenters. The van der Waals surface area contributed by atoms with Crippen molar-refractivity contribution in [3.63, 3.8) is 0 Å². The molecule has 0 spiro atoms. The molecule has 0 amide bonds. The summed E-state index contributed by atoms with van der Waals surface area (Å²) in [5, 5.41) is 16.6. The number of fused-ring (bicyclic) bond motifs is 21. The van der Waals surface area contributed by atoms with Crippen LogP contribution in [-0.2, 0) is 0 Å². The molecule has 0 radical (unpaired) electrons. The standard InChI is InChI=1S/C40H24N4S.2C40H25N3S/c1-2-12-26(13-3-1)43-32-18-8-4-16-29(32)30-23-22-25(24-35(30)43)38-41-39(37-31-17-7-11-21-36(31)45-40(37)42-38)44-33-19-9-5-14-27(33)28-15-6-10-20-34(28)44;1-3-12-26(13-4-1)28-16-11-17-30(24-28)43-34-20-9-7-18-31(34)33-25-29(22-23-35(33)43)39-41-38(27-14-5-2-6-15-27)37-32-19-8-10-21-36(32)44-40(37)42-39;1-3-11-26(12-4-1)27-19-22-30(23-20-27)43-34-17-9-7-15-31(34)33-25-29(21-24-35(33)43)39-41-38(28-13-5-2-6-14-28)37-32-16-8-10-18-36(32)44-40(37)42-39/h1-24H;2*1-25H. The third-order valence-electron chi connectivity index (χ3n) is 25.8. The molecule has 0 unspecified atom stereocenters. The van der Waals surface area contributed by atoms with Crippen molar-refractivity contribution in [3.05, 3.63) is 449 Å². The van der Waals surface area contributed by atoms with Crippen molar-refractivity contribution in [2.24, 2.45) is 0 Å². The summed E-state index contributed by atoms with van der Waals surface area (Å²) in [6, 6.07) is 159. The quantitative estimate of drug-likeness (QED) is 0.128. The SMILES string of the molecule is c1ccc(-c2ccc(-n3c4ccccc4c4cc(-c5nc(-c6ccccc6)c6c(n5)sc5ccccc56)ccc43)cc2)cc1.c1ccc(-c2cccc(-n3c4ccccc4c4cc(-c5nc(-c6ccccc6)c6c(n5)sc5ccccc56)ccc43)c2)cc1.c1ccc(-n2c3ccccc3c3ccc(-c4nc(-n5c6ccccc6c6ccccc65)c5c(n4)sc4ccccc45)cc32)cc1. The molecule has 0 aliphatic heterocycles. The van der Waals surface area contributed by atoms with Crippen LogP contribution in [0.3, 0.4) is 0 Å². The molecule has 28 aromatic rings. The first-order chi connectivity index (χ1) is 66.0. The number of benzene rings is 18. The number of thiophene rings is 3. The number of hydrogen-bond acceptors (Lipinski definition) is 9. The smallest absolute Gasteiger partial charge is 0.163 e. The summed E-state index contributed by atoms with van der Waals surface area (Å²) < 4.78 is 13.1. The zero-order chi connectivity index (χ0) is 87.6. The molecule has 18 aromatic carbocycles. The maximum atomic E-state index is 5.45. The second-order valence-electron chi connectivity index (χ2n) is 33.5. The zero-order valence-corrected chi connectivity index (χ0v) is 73.9. The van der Waals surface area contributed by atoms with Gasteiger partial charge in [0, 0.05) is 129 Å². The molecule has 0 bridgehead atoms. The predicted molar refractivity (Wildman–Crippen MR) is 560 cm³/mol. The molecule has 10 aromatic heterocycles. The van der Waals surface area contributed by atoms with Crippen molar-refractivity contribution in [3.8, 4) is 102 Å². The van der Waals surface area contributed by atoms with Gasteiger partial charge < -0.3 is 13.7 Å². The molecule has 133 heavy (non-hydrogen) atoms. The van der Waals surface area contributed by atoms with E-state index in [1.54, 1.807) is 34.0 Å². The molecule has 622 valence electrons. The minimum atomic E-state index is 0.720. The highest BCUT2D eigenvalue weighted by Crippen LogP contribution is 2.47. The van der Waals surface area contributed by atoms with Crippen LogP contribution in [0.4, 0.5) is 0 Å². The molecule has 13 heteroatoms. The maximum absolute atomic E-state index is 5.45. The van der Waals surface area contributed by atoms with E-state index in [4.69, 9.17) is 29.9 Å². The van der Waals surface area contributed by atoms with Crippen molar-refractivity contribution in [1.82, 2.24) is 48.2 Å². The van der Waals surface area contributed by atoms with E-state index in [2.05, 4.69) is 455 Å². The Morgan fingerprint density at radius 1 is 0.158 bits per heavy atom. The predicted octanol–water partition coefficient (Wildman–Crippen LogP) is 32.6. The van der Waals surface area contributed by atoms with Crippen molar-refractivity contribution in [1.29, 1.82) is 0 Å². The largest absolute Gasteiger partial charge is 0.309 e. The van der Waals surface area contributed by atoms with Crippen LogP contribution in [-0.4, -0.2) is 48.2 Å². The third-order valence-corrected chi connectivity index (χ3v) is 29.0. The number of aromatic nitrogens is 10. The fraction of sp³-hybridized carbons (Fsp3) is 0. The summed E-state index contributed by atoms with van der Waals surface area (Å²) in [4.78, 5) is 34.5. The van der Waals surface area contributed by atoms with Crippen LogP contribution >= 0.6 is 34.0 Å². The first-order valence-electron chi connectivity index (χ1n) is 44.6. The molecule has 10 heterocycles. The van der Waals surface area contributed by atoms with Crippen LogP contribution in [0.1, 0.15) is 0 Å². The average molecular weight is 1750 g/mol. The lowest BCUT2D eigenvalue weighted by Gasteiger charge is -2.12. The van der Waals surface area contributed by atoms with Gasteiger partial charge >= 0.3 is 0 Å². The summed E-state index contributed by atoms with van der Waals surface area (Å²) in [7, 11) is 0. The van der Waals surface area contributed by atoms with Crippen LogP contribution in [0, 0.1) is 0 Å². The van der Waals surface area contributed by atoms with Crippen LogP contribution in [0.15, 0.2) is 449 Å². The first-order valence-corrected chi connectivity index (χ1v) is 47.1. The third kappa shape index (κ3) is 13.2. The Morgan fingerprint density at radius 3 is 0.917 bits per heavy atom. The van der Waals surface area contributed by atoms with Gasteiger partial charge in [0.25, 0.3) is 0 Å². The summed E-state index contributed by atoms with van der Waals surface area (Å²) in [6.45, 7) is 0. The van der Waals surface area contributed by atoms with Gasteiger partial charge in [-0.15, -0.1) is 34.0 Å². The molecule has 10 nitrogen and oxygen atoms in total. The van der Waals surface area contributed by atoms with Gasteiger partial charge in [-0.2, -0.15) is 0 Å². The number of rotatable bonds is 11. The topological polar surface area (TPSA) is 97.1 Å². The fourth-order valence-electron chi connectivity index (χ4n) is 19.8. The van der Waals surface area contributed by atoms with Crippen molar-refractivity contribution in [2.75, 3.05) is 0 Å². The van der Waals surface area contributed by atoms with Gasteiger partial charge in [0.2, 0.25) is 0 Å². The summed E-state index contributed by atoms with van der Waals surface area (Å²) in [5.74, 6) is 3.12. The second-order valence-corrected chi connectivity index (χ2v) is 36.6. The van der Waals surface area contributed by atoms with Crippen molar-refractivity contribution in [2.45, 2.75) is 0 Å². The molecular weight excluding hydrogens is 1680 g/mol. The van der Waals surface area contributed by atoms with Gasteiger partial charge in [-0.3, -0.25) is 4.57 Å². The summed E-state index contributed by atoms with van der Waals surface area (Å²) in [5.41, 5.74) is 24.7. The van der Waals surface area contributed by atoms with E-state index in [1.165, 1.54) is 112 Å². The Bertz CT molecular complexity index is 9410. The van der Waals surface area contributed by atoms with Crippen LogP contribution in [0.25, 0.3) is 250 Å². The van der Waals surface area contributed by atoms with Gasteiger partial charge in [0.1, 0.15) is 14.5 Å². The second kappa shape index (κ2) is 32.1. The van der Waals surface area contributed by atoms with Crippen LogP contribution < -0.4 is 0 Å². The van der Waals surface area contributed by atoms with Gasteiger partial charge in [0.15, 0.2) is 23.3 Å². The molecule has 28 rings (SSSR count). The van der Waals surface area contributed by atoms with E-state index in [9.17, 15) is 0 Å². The molecule has 0 N–H and O–H groups in total. The van der Waals surface area contributed by atoms with Gasteiger partial charge in [-0.05, 0) is 150 Å². The Morgan fingerprint density at radius 2 is 0.451 bits per heavy atom. The highest BCUT2D eigenvalue weighted by atomic mass is 32.1. The van der Waals surface area contributed by atoms with E-state index < -0.39 is 0 Å². The Kier molecular flexibility index (Phi) is 18.6. The first kappa shape index (κ1) is 77.2. The lowest BCUT2D eigenvalue weighted by Crippen LogP contribution is -2.02. The Labute approximate surface area is 775 Å². The maximum Gasteiger partial charge on any atom is 0.163 e. The normalized spacial score (nSPS) is 11.8. The van der Waals surface area contributed by atoms with E-state index in [1.807, 2.05) is 12.1 Å². The lowest BCUT2D eigenvalue weighted by atomic mass is 10.0. The molecule has 0 fully saturated rings. The molecule has 0 aliphatic carbocycles. The minimum absolute atomic E-state index is 0.720. The highest BCUT2D eigenvalue weighted by Gasteiger charge is 2.26. The molecule has 0 aliphatic rings. The lowest BCUT2D eigenvalue weighted by molar-refractivity contribution is 1.08. The number of para-hydroxylation sites is 6. The van der Waals surface area contributed by atoms with Gasteiger partial charge in [-0.1, -0.05) is 322 Å². The highest BCUT2D eigenvalue weighted by molar-refractivity contribution is 7.26. The molecule has 0 saturated heterocycles. The molecule has 0 saturated carbocycles. The van der Waals surface area contributed by atoms with Gasteiger partial charge in [0.05, 0.1) is 60.9 Å². The zero-order valence-electron chi connectivity index (χ0n) is 71.4. The number of nitrogens with zero attached hydrogens (tertiary/aromatic N) is 10. The average Bonchev–Trinajstić information content (AvgIpc) is 1.57. The van der Waals surface area contributed by atoms with Crippen molar-refractivity contribution < 1.29 is 0 Å². The minimum Gasteiger partial charge on any atom is -0.309 e.